The largest absolute Gasteiger partial charge is 0.375 e. The molecule has 1 aliphatic heterocycles. The fourth-order valence-electron chi connectivity index (χ4n) is 3.09. The van der Waals surface area contributed by atoms with E-state index >= 15 is 0 Å². The van der Waals surface area contributed by atoms with Crippen molar-refractivity contribution in [1.29, 1.82) is 0 Å². The van der Waals surface area contributed by atoms with E-state index < -0.39 is 0 Å². The third-order valence-electron chi connectivity index (χ3n) is 4.23. The number of rotatable bonds is 3. The summed E-state index contributed by atoms with van der Waals surface area (Å²) in [7, 11) is 0. The molecule has 5 atom stereocenters. The van der Waals surface area contributed by atoms with Crippen molar-refractivity contribution in [1.82, 2.24) is 0 Å². The summed E-state index contributed by atoms with van der Waals surface area (Å²) in [6.07, 6.45) is 1.34. The minimum absolute atomic E-state index is 0.0971. The van der Waals surface area contributed by atoms with E-state index in [2.05, 4.69) is 26.8 Å². The van der Waals surface area contributed by atoms with Crippen LogP contribution in [0.15, 0.2) is 24.3 Å². The van der Waals surface area contributed by atoms with Crippen LogP contribution < -0.4 is 5.73 Å². The molecule has 0 amide bonds. The molecule has 0 radical (unpaired) electrons. The molecule has 1 aromatic carbocycles. The quantitative estimate of drug-likeness (QED) is 0.912. The van der Waals surface area contributed by atoms with Crippen LogP contribution in [-0.2, 0) is 11.2 Å². The molecule has 1 aromatic rings. The van der Waals surface area contributed by atoms with Crippen LogP contribution >= 0.6 is 11.6 Å². The van der Waals surface area contributed by atoms with E-state index in [-0.39, 0.29) is 12.1 Å². The standard InChI is InChI=1S/C15H22ClNO/c1-9-10(2)18-11(3)15(9)14(17)8-12-6-4-5-7-13(12)16/h4-7,9-11,14-15H,8,17H2,1-3H3. The zero-order valence-electron chi connectivity index (χ0n) is 11.3. The first kappa shape index (κ1) is 13.9. The Morgan fingerprint density at radius 3 is 2.44 bits per heavy atom. The van der Waals surface area contributed by atoms with Gasteiger partial charge in [0.15, 0.2) is 0 Å². The van der Waals surface area contributed by atoms with E-state index in [9.17, 15) is 0 Å². The molecule has 5 unspecified atom stereocenters. The Hall–Kier alpha value is -0.570. The monoisotopic (exact) mass is 267 g/mol. The van der Waals surface area contributed by atoms with Crippen molar-refractivity contribution in [3.63, 3.8) is 0 Å². The topological polar surface area (TPSA) is 35.2 Å². The van der Waals surface area contributed by atoms with Gasteiger partial charge in [0.2, 0.25) is 0 Å². The SMILES string of the molecule is CC1OC(C)C(C(N)Cc2ccccc2Cl)C1C. The van der Waals surface area contributed by atoms with Crippen LogP contribution in [-0.4, -0.2) is 18.2 Å². The molecule has 0 aliphatic carbocycles. The highest BCUT2D eigenvalue weighted by molar-refractivity contribution is 6.31. The highest BCUT2D eigenvalue weighted by Gasteiger charge is 2.40. The third kappa shape index (κ3) is 2.71. The molecule has 0 aromatic heterocycles. The summed E-state index contributed by atoms with van der Waals surface area (Å²) >= 11 is 6.19. The van der Waals surface area contributed by atoms with Gasteiger partial charge in [0, 0.05) is 17.0 Å². The maximum atomic E-state index is 6.38. The van der Waals surface area contributed by atoms with E-state index in [0.717, 1.165) is 17.0 Å². The van der Waals surface area contributed by atoms with Crippen LogP contribution in [0.2, 0.25) is 5.02 Å². The molecule has 2 rings (SSSR count). The molecular weight excluding hydrogens is 246 g/mol. The molecule has 0 bridgehead atoms. The van der Waals surface area contributed by atoms with E-state index in [1.165, 1.54) is 0 Å². The molecule has 18 heavy (non-hydrogen) atoms. The van der Waals surface area contributed by atoms with E-state index in [0.29, 0.717) is 17.9 Å². The van der Waals surface area contributed by atoms with Crippen LogP contribution in [0.5, 0.6) is 0 Å². The van der Waals surface area contributed by atoms with E-state index in [1.807, 2.05) is 18.2 Å². The lowest BCUT2D eigenvalue weighted by Crippen LogP contribution is -2.39. The first-order valence-electron chi connectivity index (χ1n) is 6.65. The smallest absolute Gasteiger partial charge is 0.0597 e. The lowest BCUT2D eigenvalue weighted by atomic mass is 9.81. The maximum absolute atomic E-state index is 6.38. The van der Waals surface area contributed by atoms with Gasteiger partial charge >= 0.3 is 0 Å². The van der Waals surface area contributed by atoms with Crippen LogP contribution in [0.4, 0.5) is 0 Å². The van der Waals surface area contributed by atoms with Gasteiger partial charge in [-0.25, -0.2) is 0 Å². The minimum Gasteiger partial charge on any atom is -0.375 e. The predicted octanol–water partition coefficient (Wildman–Crippen LogP) is 3.27. The number of hydrogen-bond donors (Lipinski definition) is 1. The summed E-state index contributed by atoms with van der Waals surface area (Å²) in [5.74, 6) is 0.897. The van der Waals surface area contributed by atoms with Crippen LogP contribution in [0, 0.1) is 11.8 Å². The molecule has 1 aliphatic rings. The van der Waals surface area contributed by atoms with Gasteiger partial charge in [0.05, 0.1) is 12.2 Å². The molecular formula is C15H22ClNO. The number of halogens is 1. The average molecular weight is 268 g/mol. The van der Waals surface area contributed by atoms with Gasteiger partial charge in [-0.05, 0) is 37.8 Å². The number of ether oxygens (including phenoxy) is 1. The van der Waals surface area contributed by atoms with Crippen molar-refractivity contribution in [2.24, 2.45) is 17.6 Å². The molecule has 2 N–H and O–H groups in total. The van der Waals surface area contributed by atoms with Crippen LogP contribution in [0.25, 0.3) is 0 Å². The van der Waals surface area contributed by atoms with Gasteiger partial charge < -0.3 is 10.5 Å². The van der Waals surface area contributed by atoms with Crippen molar-refractivity contribution < 1.29 is 4.74 Å². The maximum Gasteiger partial charge on any atom is 0.0597 e. The number of hydrogen-bond acceptors (Lipinski definition) is 2. The zero-order valence-corrected chi connectivity index (χ0v) is 12.0. The second-order valence-corrected chi connectivity index (χ2v) is 5.85. The van der Waals surface area contributed by atoms with Crippen molar-refractivity contribution in [3.05, 3.63) is 34.9 Å². The summed E-state index contributed by atoms with van der Waals surface area (Å²) in [5, 5.41) is 0.806. The normalized spacial score (nSPS) is 33.6. The Bertz CT molecular complexity index is 409. The van der Waals surface area contributed by atoms with Crippen molar-refractivity contribution in [2.75, 3.05) is 0 Å². The van der Waals surface area contributed by atoms with Gasteiger partial charge in [-0.2, -0.15) is 0 Å². The minimum atomic E-state index is 0.0971. The fraction of sp³-hybridized carbons (Fsp3) is 0.600. The Kier molecular flexibility index (Phi) is 4.31. The zero-order chi connectivity index (χ0) is 13.3. The average Bonchev–Trinajstić information content (AvgIpc) is 2.56. The number of benzene rings is 1. The highest BCUT2D eigenvalue weighted by Crippen LogP contribution is 2.35. The summed E-state index contributed by atoms with van der Waals surface area (Å²) in [4.78, 5) is 0. The molecule has 2 nitrogen and oxygen atoms in total. The van der Waals surface area contributed by atoms with Gasteiger partial charge in [-0.3, -0.25) is 0 Å². The Balaban J connectivity index is 2.08. The second kappa shape index (κ2) is 5.60. The van der Waals surface area contributed by atoms with Gasteiger partial charge in [0.25, 0.3) is 0 Å². The summed E-state index contributed by atoms with van der Waals surface area (Å²) in [6, 6.07) is 8.03. The molecule has 100 valence electrons. The Morgan fingerprint density at radius 2 is 1.89 bits per heavy atom. The molecule has 1 heterocycles. The Labute approximate surface area is 114 Å². The van der Waals surface area contributed by atoms with Gasteiger partial charge in [-0.15, -0.1) is 0 Å². The molecule has 1 fully saturated rings. The number of nitrogens with two attached hydrogens (primary N) is 1. The summed E-state index contributed by atoms with van der Waals surface area (Å²) < 4.78 is 5.86. The molecule has 0 saturated carbocycles. The molecule has 1 saturated heterocycles. The van der Waals surface area contributed by atoms with E-state index in [4.69, 9.17) is 22.1 Å². The van der Waals surface area contributed by atoms with Crippen LogP contribution in [0.3, 0.4) is 0 Å². The third-order valence-corrected chi connectivity index (χ3v) is 4.60. The van der Waals surface area contributed by atoms with Crippen LogP contribution in [0.1, 0.15) is 26.3 Å². The van der Waals surface area contributed by atoms with Gasteiger partial charge in [-0.1, -0.05) is 36.7 Å². The highest BCUT2D eigenvalue weighted by atomic mass is 35.5. The molecule has 3 heteroatoms. The fourth-order valence-corrected chi connectivity index (χ4v) is 3.30. The lowest BCUT2D eigenvalue weighted by Gasteiger charge is -2.26. The predicted molar refractivity (Wildman–Crippen MR) is 75.8 cm³/mol. The first-order valence-corrected chi connectivity index (χ1v) is 7.03. The van der Waals surface area contributed by atoms with E-state index in [1.54, 1.807) is 0 Å². The van der Waals surface area contributed by atoms with Gasteiger partial charge in [0.1, 0.15) is 0 Å². The first-order chi connectivity index (χ1) is 8.50. The van der Waals surface area contributed by atoms with Crippen molar-refractivity contribution in [3.8, 4) is 0 Å². The summed E-state index contributed by atoms with van der Waals surface area (Å²) in [5.41, 5.74) is 7.51. The van der Waals surface area contributed by atoms with Crippen molar-refractivity contribution in [2.45, 2.75) is 45.4 Å². The molecule has 0 spiro atoms. The summed E-state index contributed by atoms with van der Waals surface area (Å²) in [6.45, 7) is 6.48. The van der Waals surface area contributed by atoms with Crippen molar-refractivity contribution >= 4 is 11.6 Å². The second-order valence-electron chi connectivity index (χ2n) is 5.44. The lowest BCUT2D eigenvalue weighted by molar-refractivity contribution is 0.0490. The Morgan fingerprint density at radius 1 is 1.22 bits per heavy atom.